The van der Waals surface area contributed by atoms with E-state index in [0.29, 0.717) is 0 Å². The molecule has 0 heterocycles. The van der Waals surface area contributed by atoms with Crippen molar-refractivity contribution >= 4 is 5.57 Å². The molecule has 0 atom stereocenters. The van der Waals surface area contributed by atoms with Crippen LogP contribution in [0.15, 0.2) is 125 Å². The Bertz CT molecular complexity index is 1340. The molecule has 0 heteroatoms. The highest BCUT2D eigenvalue weighted by molar-refractivity contribution is 5.95. The lowest BCUT2D eigenvalue weighted by Gasteiger charge is -2.34. The highest BCUT2D eigenvalue weighted by Crippen LogP contribution is 2.63. The van der Waals surface area contributed by atoms with Crippen LogP contribution >= 0.6 is 0 Å². The van der Waals surface area contributed by atoms with Gasteiger partial charge in [0.1, 0.15) is 0 Å². The Kier molecular flexibility index (Phi) is 4.24. The molecule has 0 nitrogen and oxygen atoms in total. The zero-order valence-electron chi connectivity index (χ0n) is 21.2. The summed E-state index contributed by atoms with van der Waals surface area (Å²) < 4.78 is 0. The molecule has 0 fully saturated rings. The Hall–Kier alpha value is -3.12. The number of hydrogen-bond donors (Lipinski definition) is 0. The lowest BCUT2D eigenvalue weighted by atomic mass is 9.67. The number of fused-ring (bicyclic) bond motifs is 7. The molecule has 0 unspecified atom stereocenters. The van der Waals surface area contributed by atoms with Gasteiger partial charge in [-0.1, -0.05) is 139 Å². The summed E-state index contributed by atoms with van der Waals surface area (Å²) in [5.41, 5.74) is 10.8. The maximum atomic E-state index is 2.43. The minimum atomic E-state index is -0.305. The minimum absolute atomic E-state index is 0.0202. The molecular weight excluding hydrogens is 408 g/mol. The van der Waals surface area contributed by atoms with Crippen molar-refractivity contribution in [3.05, 3.63) is 136 Å². The van der Waals surface area contributed by atoms with Gasteiger partial charge in [-0.3, -0.25) is 0 Å². The van der Waals surface area contributed by atoms with Gasteiger partial charge in [-0.15, -0.1) is 0 Å². The summed E-state index contributed by atoms with van der Waals surface area (Å²) in [6.45, 7) is 13.7. The normalized spacial score (nSPS) is 25.8. The average Bonchev–Trinajstić information content (AvgIpc) is 2.92. The van der Waals surface area contributed by atoms with Gasteiger partial charge in [0.05, 0.1) is 5.41 Å². The van der Waals surface area contributed by atoms with E-state index in [0.717, 1.165) is 0 Å². The quantitative estimate of drug-likeness (QED) is 0.377. The summed E-state index contributed by atoms with van der Waals surface area (Å²) in [5.74, 6) is 0. The zero-order valence-corrected chi connectivity index (χ0v) is 21.2. The van der Waals surface area contributed by atoms with Crippen molar-refractivity contribution in [3.8, 4) is 0 Å². The average molecular weight is 443 g/mol. The molecule has 1 spiro atoms. The SMILES string of the molecule is CC1(C)C=CC2=C(C=C1)C1(C3=C2C=CC(C)(C)C=C3)C2=C(C=CC(C)(C)C=C2)c2ccccc21. The molecular formula is C34H34. The summed E-state index contributed by atoms with van der Waals surface area (Å²) in [6, 6.07) is 9.07. The van der Waals surface area contributed by atoms with Crippen LogP contribution in [0.2, 0.25) is 0 Å². The highest BCUT2D eigenvalue weighted by atomic mass is 14.5. The fourth-order valence-electron chi connectivity index (χ4n) is 6.10. The Morgan fingerprint density at radius 1 is 0.441 bits per heavy atom. The van der Waals surface area contributed by atoms with Crippen molar-refractivity contribution in [2.75, 3.05) is 0 Å². The van der Waals surface area contributed by atoms with Crippen molar-refractivity contribution in [1.82, 2.24) is 0 Å². The zero-order chi connectivity index (χ0) is 23.9. The van der Waals surface area contributed by atoms with E-state index in [1.807, 2.05) is 0 Å². The number of rotatable bonds is 0. The van der Waals surface area contributed by atoms with E-state index in [1.165, 1.54) is 44.6 Å². The van der Waals surface area contributed by atoms with Gasteiger partial charge in [-0.2, -0.15) is 0 Å². The Morgan fingerprint density at radius 3 is 1.32 bits per heavy atom. The second-order valence-corrected chi connectivity index (χ2v) is 12.2. The third kappa shape index (κ3) is 2.91. The van der Waals surface area contributed by atoms with E-state index in [-0.39, 0.29) is 21.7 Å². The second kappa shape index (κ2) is 6.72. The van der Waals surface area contributed by atoms with Crippen LogP contribution in [-0.2, 0) is 5.41 Å². The molecule has 34 heavy (non-hydrogen) atoms. The smallest absolute Gasteiger partial charge is 0.0725 e. The van der Waals surface area contributed by atoms with Crippen molar-refractivity contribution in [2.24, 2.45) is 16.2 Å². The van der Waals surface area contributed by atoms with Crippen molar-refractivity contribution in [3.63, 3.8) is 0 Å². The molecule has 6 rings (SSSR count). The van der Waals surface area contributed by atoms with Crippen molar-refractivity contribution in [1.29, 1.82) is 0 Å². The largest absolute Gasteiger partial charge is 0.0747 e. The first kappa shape index (κ1) is 21.4. The molecule has 0 bridgehead atoms. The van der Waals surface area contributed by atoms with Crippen LogP contribution in [0, 0.1) is 16.2 Å². The van der Waals surface area contributed by atoms with Gasteiger partial charge in [0.25, 0.3) is 0 Å². The number of benzene rings is 1. The van der Waals surface area contributed by atoms with E-state index in [1.54, 1.807) is 0 Å². The lowest BCUT2D eigenvalue weighted by molar-refractivity contribution is 0.622. The molecule has 5 aliphatic carbocycles. The van der Waals surface area contributed by atoms with Crippen molar-refractivity contribution < 1.29 is 0 Å². The van der Waals surface area contributed by atoms with Crippen LogP contribution in [0.3, 0.4) is 0 Å². The van der Waals surface area contributed by atoms with Crippen LogP contribution in [0.25, 0.3) is 5.57 Å². The van der Waals surface area contributed by atoms with Gasteiger partial charge in [0.2, 0.25) is 0 Å². The molecule has 170 valence electrons. The summed E-state index contributed by atoms with van der Waals surface area (Å²) in [4.78, 5) is 0. The minimum Gasteiger partial charge on any atom is -0.0747 e. The van der Waals surface area contributed by atoms with Gasteiger partial charge < -0.3 is 0 Å². The van der Waals surface area contributed by atoms with Gasteiger partial charge in [0.15, 0.2) is 0 Å². The first-order valence-electron chi connectivity index (χ1n) is 12.5. The summed E-state index contributed by atoms with van der Waals surface area (Å²) in [5, 5.41) is 0. The van der Waals surface area contributed by atoms with Crippen molar-refractivity contribution in [2.45, 2.75) is 47.0 Å². The standard InChI is InChI=1S/C34H34/c1-31(2)17-11-24-23-9-7-8-10-27(23)34(28(24)14-20-31)29-15-21-32(3,4)18-12-25(29)26-13-19-33(5,6)22-16-30(26)34/h7-22H,1-6H3. The number of hydrogen-bond acceptors (Lipinski definition) is 0. The van der Waals surface area contributed by atoms with E-state index in [4.69, 9.17) is 0 Å². The van der Waals surface area contributed by atoms with Crippen LogP contribution in [-0.4, -0.2) is 0 Å². The molecule has 5 aliphatic rings. The lowest BCUT2D eigenvalue weighted by Crippen LogP contribution is -2.28. The van der Waals surface area contributed by atoms with E-state index in [9.17, 15) is 0 Å². The summed E-state index contributed by atoms with van der Waals surface area (Å²) in [6.07, 6.45) is 28.7. The predicted octanol–water partition coefficient (Wildman–Crippen LogP) is 8.76. The molecule has 0 N–H and O–H groups in total. The molecule has 1 aromatic rings. The van der Waals surface area contributed by atoms with Gasteiger partial charge in [0, 0.05) is 16.2 Å². The van der Waals surface area contributed by atoms with Gasteiger partial charge in [-0.25, -0.2) is 0 Å². The molecule has 0 saturated heterocycles. The summed E-state index contributed by atoms with van der Waals surface area (Å²) >= 11 is 0. The Morgan fingerprint density at radius 2 is 0.824 bits per heavy atom. The molecule has 0 saturated carbocycles. The maximum absolute atomic E-state index is 2.43. The fraction of sp³-hybridized carbons (Fsp3) is 0.294. The monoisotopic (exact) mass is 442 g/mol. The molecule has 0 amide bonds. The van der Waals surface area contributed by atoms with Crippen LogP contribution < -0.4 is 0 Å². The van der Waals surface area contributed by atoms with E-state index < -0.39 is 0 Å². The highest BCUT2D eigenvalue weighted by Gasteiger charge is 2.53. The van der Waals surface area contributed by atoms with Crippen LogP contribution in [0.4, 0.5) is 0 Å². The van der Waals surface area contributed by atoms with Crippen LogP contribution in [0.1, 0.15) is 52.7 Å². The Balaban J connectivity index is 1.76. The third-order valence-electron chi connectivity index (χ3n) is 8.07. The molecule has 0 aliphatic heterocycles. The third-order valence-corrected chi connectivity index (χ3v) is 8.07. The van der Waals surface area contributed by atoms with Gasteiger partial charge >= 0.3 is 0 Å². The topological polar surface area (TPSA) is 0 Å². The van der Waals surface area contributed by atoms with E-state index >= 15 is 0 Å². The maximum Gasteiger partial charge on any atom is 0.0725 e. The fourth-order valence-corrected chi connectivity index (χ4v) is 6.10. The van der Waals surface area contributed by atoms with Crippen LogP contribution in [0.5, 0.6) is 0 Å². The second-order valence-electron chi connectivity index (χ2n) is 12.2. The Labute approximate surface area is 204 Å². The van der Waals surface area contributed by atoms with Gasteiger partial charge in [-0.05, 0) is 44.6 Å². The number of allylic oxidation sites excluding steroid dienone is 18. The summed E-state index contributed by atoms with van der Waals surface area (Å²) in [7, 11) is 0. The first-order valence-corrected chi connectivity index (χ1v) is 12.5. The molecule has 0 radical (unpaired) electrons. The predicted molar refractivity (Wildman–Crippen MR) is 145 cm³/mol. The van der Waals surface area contributed by atoms with E-state index in [2.05, 4.69) is 139 Å². The first-order chi connectivity index (χ1) is 16.0. The molecule has 1 aromatic carbocycles. The molecule has 0 aromatic heterocycles.